The number of hydrogen-bond donors (Lipinski definition) is 0. The minimum Gasteiger partial charge on any atom is -0.461 e. The summed E-state index contributed by atoms with van der Waals surface area (Å²) < 4.78 is 5.96. The fourth-order valence-corrected chi connectivity index (χ4v) is 2.63. The third-order valence-corrected chi connectivity index (χ3v) is 3.63. The summed E-state index contributed by atoms with van der Waals surface area (Å²) in [5, 5.41) is 3.69. The Balaban J connectivity index is 2.44. The zero-order valence-corrected chi connectivity index (χ0v) is 9.81. The maximum Gasteiger partial charge on any atom is 0.230 e. The number of aryl methyl sites for hydroxylation is 1. The SMILES string of the molecule is Cc1ccoc1C(=O)c1cscc1Br. The lowest BCUT2D eigenvalue weighted by atomic mass is 10.1. The summed E-state index contributed by atoms with van der Waals surface area (Å²) in [5.41, 5.74) is 1.53. The number of hydrogen-bond acceptors (Lipinski definition) is 3. The lowest BCUT2D eigenvalue weighted by molar-refractivity contribution is 0.101. The van der Waals surface area contributed by atoms with Crippen molar-refractivity contribution in [3.8, 4) is 0 Å². The van der Waals surface area contributed by atoms with Crippen molar-refractivity contribution in [2.45, 2.75) is 6.92 Å². The zero-order valence-electron chi connectivity index (χ0n) is 7.41. The predicted octanol–water partition coefficient (Wildman–Crippen LogP) is 3.64. The standard InChI is InChI=1S/C10H7BrO2S/c1-6-2-3-13-10(6)9(12)7-4-14-5-8(7)11/h2-5H,1H3. The largest absolute Gasteiger partial charge is 0.461 e. The van der Waals surface area contributed by atoms with E-state index in [-0.39, 0.29) is 5.78 Å². The molecule has 0 aliphatic heterocycles. The van der Waals surface area contributed by atoms with Crippen LogP contribution in [0.5, 0.6) is 0 Å². The molecule has 0 radical (unpaired) electrons. The van der Waals surface area contributed by atoms with Crippen LogP contribution in [0.3, 0.4) is 0 Å². The Kier molecular flexibility index (Phi) is 2.56. The molecule has 14 heavy (non-hydrogen) atoms. The Hall–Kier alpha value is -0.870. The molecule has 0 amide bonds. The molecule has 72 valence electrons. The van der Waals surface area contributed by atoms with E-state index in [1.165, 1.54) is 17.6 Å². The highest BCUT2D eigenvalue weighted by Crippen LogP contribution is 2.25. The lowest BCUT2D eigenvalue weighted by Crippen LogP contribution is -2.00. The molecule has 0 N–H and O–H groups in total. The third-order valence-electron chi connectivity index (χ3n) is 1.93. The van der Waals surface area contributed by atoms with E-state index in [0.29, 0.717) is 11.3 Å². The molecule has 0 aliphatic rings. The zero-order chi connectivity index (χ0) is 10.1. The first-order valence-electron chi connectivity index (χ1n) is 4.00. The number of carbonyl (C=O) groups is 1. The van der Waals surface area contributed by atoms with Crippen molar-refractivity contribution < 1.29 is 9.21 Å². The summed E-state index contributed by atoms with van der Waals surface area (Å²) in [6.07, 6.45) is 1.53. The number of rotatable bonds is 2. The fraction of sp³-hybridized carbons (Fsp3) is 0.100. The van der Waals surface area contributed by atoms with Gasteiger partial charge in [-0.25, -0.2) is 0 Å². The van der Waals surface area contributed by atoms with Gasteiger partial charge in [0.15, 0.2) is 5.76 Å². The lowest BCUT2D eigenvalue weighted by Gasteiger charge is -1.96. The van der Waals surface area contributed by atoms with Crippen molar-refractivity contribution in [1.29, 1.82) is 0 Å². The van der Waals surface area contributed by atoms with E-state index in [4.69, 9.17) is 4.42 Å². The summed E-state index contributed by atoms with van der Waals surface area (Å²) in [5.74, 6) is 0.352. The van der Waals surface area contributed by atoms with Crippen molar-refractivity contribution in [2.75, 3.05) is 0 Å². The van der Waals surface area contributed by atoms with Crippen LogP contribution in [0.1, 0.15) is 21.7 Å². The first-order chi connectivity index (χ1) is 6.70. The van der Waals surface area contributed by atoms with Gasteiger partial charge in [0.05, 0.1) is 11.8 Å². The van der Waals surface area contributed by atoms with Gasteiger partial charge in [0, 0.05) is 15.2 Å². The molecule has 2 nitrogen and oxygen atoms in total. The normalized spacial score (nSPS) is 10.4. The van der Waals surface area contributed by atoms with E-state index in [0.717, 1.165) is 10.0 Å². The second-order valence-electron chi connectivity index (χ2n) is 2.90. The van der Waals surface area contributed by atoms with Crippen LogP contribution in [0, 0.1) is 6.92 Å². The second-order valence-corrected chi connectivity index (χ2v) is 4.49. The highest BCUT2D eigenvalue weighted by molar-refractivity contribution is 9.10. The van der Waals surface area contributed by atoms with Crippen LogP contribution in [0.2, 0.25) is 0 Å². The molecular formula is C10H7BrO2S. The number of thiophene rings is 1. The van der Waals surface area contributed by atoms with Crippen molar-refractivity contribution in [3.63, 3.8) is 0 Å². The highest BCUT2D eigenvalue weighted by Gasteiger charge is 2.17. The summed E-state index contributed by atoms with van der Waals surface area (Å²) in [6, 6.07) is 1.79. The average molecular weight is 271 g/mol. The quantitative estimate of drug-likeness (QED) is 0.780. The summed E-state index contributed by atoms with van der Waals surface area (Å²) in [7, 11) is 0. The van der Waals surface area contributed by atoms with E-state index in [9.17, 15) is 4.79 Å². The third kappa shape index (κ3) is 1.55. The smallest absolute Gasteiger partial charge is 0.230 e. The van der Waals surface area contributed by atoms with E-state index in [1.807, 2.05) is 17.7 Å². The van der Waals surface area contributed by atoms with E-state index >= 15 is 0 Å². The molecule has 0 unspecified atom stereocenters. The van der Waals surface area contributed by atoms with Gasteiger partial charge in [-0.05, 0) is 34.5 Å². The van der Waals surface area contributed by atoms with Gasteiger partial charge in [0.25, 0.3) is 0 Å². The van der Waals surface area contributed by atoms with Crippen LogP contribution in [-0.4, -0.2) is 5.78 Å². The van der Waals surface area contributed by atoms with Crippen LogP contribution >= 0.6 is 27.3 Å². The Morgan fingerprint density at radius 2 is 2.29 bits per heavy atom. The van der Waals surface area contributed by atoms with Gasteiger partial charge in [-0.15, -0.1) is 0 Å². The molecule has 2 aromatic rings. The van der Waals surface area contributed by atoms with Gasteiger partial charge >= 0.3 is 0 Å². The molecule has 0 aromatic carbocycles. The van der Waals surface area contributed by atoms with E-state index in [1.54, 1.807) is 6.07 Å². The number of halogens is 1. The Labute approximate surface area is 93.7 Å². The van der Waals surface area contributed by atoms with Crippen molar-refractivity contribution in [2.24, 2.45) is 0 Å². The maximum absolute atomic E-state index is 11.9. The molecule has 2 aromatic heterocycles. The Morgan fingerprint density at radius 1 is 1.50 bits per heavy atom. The molecule has 0 aliphatic carbocycles. The summed E-state index contributed by atoms with van der Waals surface area (Å²) in [6.45, 7) is 1.86. The minimum absolute atomic E-state index is 0.0689. The van der Waals surface area contributed by atoms with E-state index in [2.05, 4.69) is 15.9 Å². The van der Waals surface area contributed by atoms with Crippen LogP contribution in [0.4, 0.5) is 0 Å². The van der Waals surface area contributed by atoms with Gasteiger partial charge in [-0.2, -0.15) is 11.3 Å². The number of ketones is 1. The van der Waals surface area contributed by atoms with Gasteiger partial charge in [-0.3, -0.25) is 4.79 Å². The molecule has 4 heteroatoms. The molecule has 2 rings (SSSR count). The summed E-state index contributed by atoms with van der Waals surface area (Å²) >= 11 is 4.81. The minimum atomic E-state index is -0.0689. The van der Waals surface area contributed by atoms with Crippen molar-refractivity contribution in [1.82, 2.24) is 0 Å². The first-order valence-corrected chi connectivity index (χ1v) is 5.74. The van der Waals surface area contributed by atoms with Crippen molar-refractivity contribution in [3.05, 3.63) is 44.4 Å². The summed E-state index contributed by atoms with van der Waals surface area (Å²) in [4.78, 5) is 11.9. The molecule has 0 fully saturated rings. The number of carbonyl (C=O) groups excluding carboxylic acids is 1. The average Bonchev–Trinajstić information content (AvgIpc) is 2.73. The molecule has 0 saturated carbocycles. The molecular weight excluding hydrogens is 264 g/mol. The molecule has 0 atom stereocenters. The predicted molar refractivity (Wildman–Crippen MR) is 58.9 cm³/mol. The molecule has 0 bridgehead atoms. The fourth-order valence-electron chi connectivity index (χ4n) is 1.17. The van der Waals surface area contributed by atoms with Gasteiger partial charge in [0.2, 0.25) is 5.78 Å². The van der Waals surface area contributed by atoms with Crippen LogP contribution in [0.15, 0.2) is 32.0 Å². The second kappa shape index (κ2) is 3.71. The number of furan rings is 1. The van der Waals surface area contributed by atoms with Gasteiger partial charge in [0.1, 0.15) is 0 Å². The molecule has 0 saturated heterocycles. The monoisotopic (exact) mass is 270 g/mol. The van der Waals surface area contributed by atoms with Crippen LogP contribution < -0.4 is 0 Å². The van der Waals surface area contributed by atoms with Gasteiger partial charge in [-0.1, -0.05) is 0 Å². The highest BCUT2D eigenvalue weighted by atomic mass is 79.9. The maximum atomic E-state index is 11.9. The van der Waals surface area contributed by atoms with E-state index < -0.39 is 0 Å². The first kappa shape index (κ1) is 9.68. The Bertz CT molecular complexity index is 428. The van der Waals surface area contributed by atoms with Gasteiger partial charge < -0.3 is 4.42 Å². The molecule has 2 heterocycles. The Morgan fingerprint density at radius 3 is 2.79 bits per heavy atom. The van der Waals surface area contributed by atoms with Crippen LogP contribution in [0.25, 0.3) is 0 Å². The van der Waals surface area contributed by atoms with Crippen molar-refractivity contribution >= 4 is 33.0 Å². The molecule has 0 spiro atoms. The topological polar surface area (TPSA) is 30.2 Å². The van der Waals surface area contributed by atoms with Crippen LogP contribution in [-0.2, 0) is 0 Å².